The highest BCUT2D eigenvalue weighted by atomic mass is 16.6. The van der Waals surface area contributed by atoms with E-state index in [4.69, 9.17) is 10.8 Å². The molecule has 0 spiro atoms. The third-order valence-corrected chi connectivity index (χ3v) is 1.48. The molecule has 0 fully saturated rings. The lowest BCUT2D eigenvalue weighted by atomic mass is 10.5. The van der Waals surface area contributed by atoms with Crippen LogP contribution in [0.1, 0.15) is 5.69 Å². The van der Waals surface area contributed by atoms with Gasteiger partial charge >= 0.3 is 0 Å². The van der Waals surface area contributed by atoms with E-state index >= 15 is 0 Å². The van der Waals surface area contributed by atoms with Crippen molar-refractivity contribution in [3.05, 3.63) is 11.9 Å². The number of hydrogen-bond acceptors (Lipinski definition) is 7. The van der Waals surface area contributed by atoms with Gasteiger partial charge in [-0.25, -0.2) is 4.63 Å². The average Bonchev–Trinajstić information content (AvgIpc) is 2.71. The lowest BCUT2D eigenvalue weighted by molar-refractivity contribution is 0.271. The molecule has 0 saturated carbocycles. The van der Waals surface area contributed by atoms with Crippen LogP contribution in [0.4, 0.5) is 5.82 Å². The van der Waals surface area contributed by atoms with Crippen LogP contribution in [0.5, 0.6) is 0 Å². The fourth-order valence-electron chi connectivity index (χ4n) is 0.880. The lowest BCUT2D eigenvalue weighted by Crippen LogP contribution is -2.05. The highest BCUT2D eigenvalue weighted by molar-refractivity contribution is 5.44. The zero-order chi connectivity index (χ0) is 9.26. The highest BCUT2D eigenvalue weighted by Crippen LogP contribution is 2.11. The molecule has 0 radical (unpaired) electrons. The van der Waals surface area contributed by atoms with Gasteiger partial charge in [0.2, 0.25) is 11.6 Å². The van der Waals surface area contributed by atoms with E-state index in [-0.39, 0.29) is 18.2 Å². The van der Waals surface area contributed by atoms with Crippen LogP contribution >= 0.6 is 0 Å². The molecule has 2 rings (SSSR count). The van der Waals surface area contributed by atoms with Crippen molar-refractivity contribution in [1.82, 2.24) is 25.3 Å². The van der Waals surface area contributed by atoms with Crippen molar-refractivity contribution in [3.63, 3.8) is 0 Å². The van der Waals surface area contributed by atoms with Crippen molar-refractivity contribution in [3.8, 4) is 5.82 Å². The molecule has 0 bridgehead atoms. The number of nitrogen functional groups attached to an aromatic ring is 1. The molecule has 0 saturated heterocycles. The zero-order valence-electron chi connectivity index (χ0n) is 6.45. The van der Waals surface area contributed by atoms with Crippen molar-refractivity contribution in [1.29, 1.82) is 0 Å². The van der Waals surface area contributed by atoms with E-state index < -0.39 is 0 Å². The summed E-state index contributed by atoms with van der Waals surface area (Å²) >= 11 is 0. The monoisotopic (exact) mass is 182 g/mol. The van der Waals surface area contributed by atoms with Crippen LogP contribution in [0.3, 0.4) is 0 Å². The third-order valence-electron chi connectivity index (χ3n) is 1.48. The predicted octanol–water partition coefficient (Wildman–Crippen LogP) is -1.28. The first-order chi connectivity index (χ1) is 6.33. The quantitative estimate of drug-likeness (QED) is 0.594. The molecule has 0 atom stereocenters. The molecule has 2 heterocycles. The van der Waals surface area contributed by atoms with E-state index in [0.29, 0.717) is 5.69 Å². The molecule has 13 heavy (non-hydrogen) atoms. The molecule has 2 aromatic rings. The number of aliphatic hydroxyl groups is 1. The Morgan fingerprint density at radius 2 is 2.38 bits per heavy atom. The van der Waals surface area contributed by atoms with Crippen LogP contribution in [0.25, 0.3) is 5.82 Å². The summed E-state index contributed by atoms with van der Waals surface area (Å²) < 4.78 is 5.63. The smallest absolute Gasteiger partial charge is 0.243 e. The number of aromatic nitrogens is 5. The van der Waals surface area contributed by atoms with Gasteiger partial charge in [-0.1, -0.05) is 5.21 Å². The van der Waals surface area contributed by atoms with E-state index in [9.17, 15) is 0 Å². The molecular weight excluding hydrogens is 176 g/mol. The number of anilines is 1. The minimum absolute atomic E-state index is 0.0974. The second-order valence-corrected chi connectivity index (χ2v) is 2.27. The van der Waals surface area contributed by atoms with Gasteiger partial charge in [0.25, 0.3) is 0 Å². The Labute approximate surface area is 71.9 Å². The van der Waals surface area contributed by atoms with Gasteiger partial charge in [0.15, 0.2) is 0 Å². The van der Waals surface area contributed by atoms with Crippen molar-refractivity contribution < 1.29 is 9.74 Å². The van der Waals surface area contributed by atoms with Gasteiger partial charge in [-0.05, 0) is 10.3 Å². The van der Waals surface area contributed by atoms with Gasteiger partial charge in [-0.15, -0.1) is 5.10 Å². The number of rotatable bonds is 2. The SMILES string of the molecule is Nc1nonc1-n1nncc1CO. The van der Waals surface area contributed by atoms with Gasteiger partial charge in [-0.3, -0.25) is 0 Å². The topological polar surface area (TPSA) is 116 Å². The standard InChI is InChI=1S/C5H6N6O2/c6-4-5(9-13-8-4)11-3(2-12)1-7-10-11/h1,12H,2H2,(H2,6,8). The summed E-state index contributed by atoms with van der Waals surface area (Å²) in [5.41, 5.74) is 5.88. The second-order valence-electron chi connectivity index (χ2n) is 2.27. The number of aliphatic hydroxyl groups excluding tert-OH is 1. The molecule has 0 aliphatic heterocycles. The predicted molar refractivity (Wildman–Crippen MR) is 39.6 cm³/mol. The van der Waals surface area contributed by atoms with E-state index in [2.05, 4.69) is 25.3 Å². The van der Waals surface area contributed by atoms with Crippen LogP contribution in [-0.2, 0) is 6.61 Å². The number of nitrogens with two attached hydrogens (primary N) is 1. The van der Waals surface area contributed by atoms with Crippen molar-refractivity contribution in [2.75, 3.05) is 5.73 Å². The summed E-state index contributed by atoms with van der Waals surface area (Å²) in [5.74, 6) is 0.321. The van der Waals surface area contributed by atoms with E-state index in [0.717, 1.165) is 0 Å². The maximum absolute atomic E-state index is 8.88. The molecule has 0 aliphatic carbocycles. The summed E-state index contributed by atoms with van der Waals surface area (Å²) in [7, 11) is 0. The second kappa shape index (κ2) is 2.83. The maximum Gasteiger partial charge on any atom is 0.243 e. The molecular formula is C5H6N6O2. The normalized spacial score (nSPS) is 10.5. The summed E-state index contributed by atoms with van der Waals surface area (Å²) in [6.07, 6.45) is 1.40. The number of nitrogens with zero attached hydrogens (tertiary/aromatic N) is 5. The van der Waals surface area contributed by atoms with Crippen LogP contribution < -0.4 is 5.73 Å². The summed E-state index contributed by atoms with van der Waals surface area (Å²) in [4.78, 5) is 0. The fourth-order valence-corrected chi connectivity index (χ4v) is 0.880. The Kier molecular flexibility index (Phi) is 1.67. The minimum atomic E-state index is -0.209. The molecule has 8 nitrogen and oxygen atoms in total. The van der Waals surface area contributed by atoms with Crippen LogP contribution in [0, 0.1) is 0 Å². The van der Waals surface area contributed by atoms with Crippen molar-refractivity contribution in [2.45, 2.75) is 6.61 Å². The largest absolute Gasteiger partial charge is 0.390 e. The molecule has 0 aliphatic rings. The first-order valence-corrected chi connectivity index (χ1v) is 3.41. The molecule has 0 aromatic carbocycles. The Morgan fingerprint density at radius 3 is 3.00 bits per heavy atom. The fraction of sp³-hybridized carbons (Fsp3) is 0.200. The molecule has 68 valence electrons. The first kappa shape index (κ1) is 7.68. The summed E-state index contributed by atoms with van der Waals surface area (Å²) in [6.45, 7) is -0.209. The minimum Gasteiger partial charge on any atom is -0.390 e. The first-order valence-electron chi connectivity index (χ1n) is 3.41. The van der Waals surface area contributed by atoms with Gasteiger partial charge in [0.05, 0.1) is 18.5 Å². The molecule has 3 N–H and O–H groups in total. The van der Waals surface area contributed by atoms with Gasteiger partial charge in [0, 0.05) is 0 Å². The highest BCUT2D eigenvalue weighted by Gasteiger charge is 2.13. The van der Waals surface area contributed by atoms with Crippen LogP contribution in [0.15, 0.2) is 10.8 Å². The van der Waals surface area contributed by atoms with Crippen LogP contribution in [-0.4, -0.2) is 30.4 Å². The molecule has 2 aromatic heterocycles. The van der Waals surface area contributed by atoms with Gasteiger partial charge in [-0.2, -0.15) is 4.68 Å². The zero-order valence-corrected chi connectivity index (χ0v) is 6.45. The Morgan fingerprint density at radius 1 is 1.54 bits per heavy atom. The Balaban J connectivity index is 2.52. The third kappa shape index (κ3) is 1.12. The van der Waals surface area contributed by atoms with E-state index in [1.807, 2.05) is 0 Å². The van der Waals surface area contributed by atoms with E-state index in [1.165, 1.54) is 10.9 Å². The van der Waals surface area contributed by atoms with Crippen LogP contribution in [0.2, 0.25) is 0 Å². The summed E-state index contributed by atoms with van der Waals surface area (Å²) in [5, 5.41) is 23.0. The van der Waals surface area contributed by atoms with Crippen molar-refractivity contribution >= 4 is 5.82 Å². The molecule has 0 amide bonds. The summed E-state index contributed by atoms with van der Waals surface area (Å²) in [6, 6.07) is 0. The Bertz CT molecular complexity index is 407. The Hall–Kier alpha value is -1.96. The maximum atomic E-state index is 8.88. The molecule has 8 heteroatoms. The lowest BCUT2D eigenvalue weighted by Gasteiger charge is -1.96. The van der Waals surface area contributed by atoms with Crippen molar-refractivity contribution in [2.24, 2.45) is 0 Å². The van der Waals surface area contributed by atoms with Gasteiger partial charge < -0.3 is 10.8 Å². The van der Waals surface area contributed by atoms with Gasteiger partial charge in [0.1, 0.15) is 0 Å². The molecule has 0 unspecified atom stereocenters. The van der Waals surface area contributed by atoms with E-state index in [1.54, 1.807) is 0 Å². The number of hydrogen-bond donors (Lipinski definition) is 2. The average molecular weight is 182 g/mol.